The van der Waals surface area contributed by atoms with E-state index in [1.165, 1.54) is 38.5 Å². The minimum Gasteiger partial charge on any atom is -0.300 e. The maximum atomic E-state index is 11.8. The van der Waals surface area contributed by atoms with Crippen molar-refractivity contribution >= 4 is 5.78 Å². The minimum absolute atomic E-state index is 0.525. The van der Waals surface area contributed by atoms with Gasteiger partial charge in [-0.05, 0) is 31.1 Å². The number of hydrogen-bond acceptors (Lipinski definition) is 2. The zero-order valence-corrected chi connectivity index (χ0v) is 11.9. The maximum Gasteiger partial charge on any atom is 0.136 e. The van der Waals surface area contributed by atoms with E-state index < -0.39 is 0 Å². The topological polar surface area (TPSA) is 20.3 Å². The van der Waals surface area contributed by atoms with Crippen LogP contribution < -0.4 is 0 Å². The quantitative estimate of drug-likeness (QED) is 0.710. The van der Waals surface area contributed by atoms with Crippen LogP contribution in [0.1, 0.15) is 65.2 Å². The van der Waals surface area contributed by atoms with Crippen LogP contribution in [-0.2, 0) is 4.79 Å². The Bertz CT molecular complexity index is 311. The van der Waals surface area contributed by atoms with Crippen LogP contribution in [0.5, 0.6) is 0 Å². The van der Waals surface area contributed by atoms with Crippen molar-refractivity contribution in [2.75, 3.05) is 0 Å². The molecule has 2 aliphatic heterocycles. The number of ketones is 1. The SMILES string of the molecule is CC1CCCC(N2C3CCCC2CC(=O)C3)C1C. The summed E-state index contributed by atoms with van der Waals surface area (Å²) >= 11 is 0. The van der Waals surface area contributed by atoms with Crippen LogP contribution in [0.2, 0.25) is 0 Å². The molecule has 0 aromatic carbocycles. The first-order chi connectivity index (χ1) is 8.66. The molecule has 3 fully saturated rings. The Morgan fingerprint density at radius 3 is 2.22 bits per heavy atom. The second-order valence-corrected chi connectivity index (χ2v) is 6.97. The van der Waals surface area contributed by atoms with Crippen LogP contribution >= 0.6 is 0 Å². The Morgan fingerprint density at radius 2 is 1.56 bits per heavy atom. The van der Waals surface area contributed by atoms with Gasteiger partial charge >= 0.3 is 0 Å². The Kier molecular flexibility index (Phi) is 3.48. The monoisotopic (exact) mass is 249 g/mol. The summed E-state index contributed by atoms with van der Waals surface area (Å²) in [5.74, 6) is 2.20. The summed E-state index contributed by atoms with van der Waals surface area (Å²) in [6.45, 7) is 4.86. The van der Waals surface area contributed by atoms with Crippen molar-refractivity contribution in [1.29, 1.82) is 0 Å². The smallest absolute Gasteiger partial charge is 0.136 e. The third kappa shape index (κ3) is 2.13. The molecule has 5 unspecified atom stereocenters. The molecule has 0 radical (unpaired) electrons. The summed E-state index contributed by atoms with van der Waals surface area (Å²) in [6, 6.07) is 1.93. The van der Waals surface area contributed by atoms with Crippen LogP contribution in [0.3, 0.4) is 0 Å². The predicted molar refractivity (Wildman–Crippen MR) is 73.5 cm³/mol. The zero-order valence-electron chi connectivity index (χ0n) is 11.9. The molecule has 2 heterocycles. The van der Waals surface area contributed by atoms with E-state index in [-0.39, 0.29) is 0 Å². The Morgan fingerprint density at radius 1 is 0.944 bits per heavy atom. The summed E-state index contributed by atoms with van der Waals surface area (Å²) in [5, 5.41) is 0. The van der Waals surface area contributed by atoms with Crippen molar-refractivity contribution < 1.29 is 4.79 Å². The average Bonchev–Trinajstić information content (AvgIpc) is 2.32. The first-order valence-corrected chi connectivity index (χ1v) is 7.96. The number of carbonyl (C=O) groups is 1. The molecule has 3 rings (SSSR count). The molecular weight excluding hydrogens is 222 g/mol. The van der Waals surface area contributed by atoms with Gasteiger partial charge in [0.05, 0.1) is 0 Å². The molecule has 2 heteroatoms. The standard InChI is InChI=1S/C16H27NO/c1-11-5-3-8-16(12(11)2)17-13-6-4-7-14(17)10-15(18)9-13/h11-14,16H,3-10H2,1-2H3. The number of fused-ring (bicyclic) bond motifs is 2. The van der Waals surface area contributed by atoms with E-state index in [1.54, 1.807) is 0 Å². The Balaban J connectivity index is 1.80. The molecule has 1 aliphatic carbocycles. The zero-order chi connectivity index (χ0) is 12.7. The highest BCUT2D eigenvalue weighted by atomic mass is 16.1. The summed E-state index contributed by atoms with van der Waals surface area (Å²) < 4.78 is 0. The summed E-state index contributed by atoms with van der Waals surface area (Å²) in [6.07, 6.45) is 9.71. The molecule has 5 atom stereocenters. The van der Waals surface area contributed by atoms with Crippen molar-refractivity contribution in [3.63, 3.8) is 0 Å². The molecular formula is C16H27NO. The number of rotatable bonds is 1. The van der Waals surface area contributed by atoms with E-state index in [1.807, 2.05) is 0 Å². The molecule has 2 nitrogen and oxygen atoms in total. The average molecular weight is 249 g/mol. The van der Waals surface area contributed by atoms with Crippen LogP contribution in [0, 0.1) is 11.8 Å². The molecule has 0 aromatic rings. The number of Topliss-reactive ketones (excluding diaryl/α,β-unsaturated/α-hetero) is 1. The lowest BCUT2D eigenvalue weighted by Crippen LogP contribution is -2.59. The second kappa shape index (κ2) is 4.96. The normalized spacial score (nSPS) is 46.1. The molecule has 0 aromatic heterocycles. The third-order valence-corrected chi connectivity index (χ3v) is 5.89. The molecule has 2 saturated heterocycles. The van der Waals surface area contributed by atoms with Gasteiger partial charge in [-0.25, -0.2) is 0 Å². The van der Waals surface area contributed by atoms with Gasteiger partial charge in [-0.3, -0.25) is 9.69 Å². The highest BCUT2D eigenvalue weighted by molar-refractivity contribution is 5.80. The lowest BCUT2D eigenvalue weighted by molar-refractivity contribution is -0.131. The predicted octanol–water partition coefficient (Wildman–Crippen LogP) is 3.40. The van der Waals surface area contributed by atoms with E-state index in [0.717, 1.165) is 30.7 Å². The van der Waals surface area contributed by atoms with Crippen molar-refractivity contribution in [3.05, 3.63) is 0 Å². The first-order valence-electron chi connectivity index (χ1n) is 7.96. The van der Waals surface area contributed by atoms with Crippen molar-refractivity contribution in [2.24, 2.45) is 11.8 Å². The van der Waals surface area contributed by atoms with Gasteiger partial charge in [-0.1, -0.05) is 33.1 Å². The third-order valence-electron chi connectivity index (χ3n) is 5.89. The fraction of sp³-hybridized carbons (Fsp3) is 0.938. The van der Waals surface area contributed by atoms with E-state index in [4.69, 9.17) is 0 Å². The van der Waals surface area contributed by atoms with Crippen LogP contribution in [-0.4, -0.2) is 28.8 Å². The van der Waals surface area contributed by atoms with Gasteiger partial charge in [0.2, 0.25) is 0 Å². The highest BCUT2D eigenvalue weighted by Gasteiger charge is 2.43. The van der Waals surface area contributed by atoms with Gasteiger partial charge in [0.15, 0.2) is 0 Å². The van der Waals surface area contributed by atoms with E-state index >= 15 is 0 Å². The van der Waals surface area contributed by atoms with E-state index in [9.17, 15) is 4.79 Å². The first kappa shape index (κ1) is 12.7. The molecule has 0 spiro atoms. The number of piperidine rings is 2. The van der Waals surface area contributed by atoms with Crippen molar-refractivity contribution in [3.8, 4) is 0 Å². The van der Waals surface area contributed by atoms with Crippen molar-refractivity contribution in [2.45, 2.75) is 83.3 Å². The molecule has 2 bridgehead atoms. The fourth-order valence-electron chi connectivity index (χ4n) is 4.73. The van der Waals surface area contributed by atoms with E-state index in [0.29, 0.717) is 17.9 Å². The molecule has 102 valence electrons. The van der Waals surface area contributed by atoms with Gasteiger partial charge < -0.3 is 0 Å². The summed E-state index contributed by atoms with van der Waals surface area (Å²) in [5.41, 5.74) is 0. The molecule has 18 heavy (non-hydrogen) atoms. The van der Waals surface area contributed by atoms with Crippen molar-refractivity contribution in [1.82, 2.24) is 4.90 Å². The van der Waals surface area contributed by atoms with Crippen LogP contribution in [0.4, 0.5) is 0 Å². The largest absolute Gasteiger partial charge is 0.300 e. The van der Waals surface area contributed by atoms with Gasteiger partial charge in [0, 0.05) is 31.0 Å². The molecule has 3 aliphatic rings. The van der Waals surface area contributed by atoms with Gasteiger partial charge in [0.1, 0.15) is 5.78 Å². The maximum absolute atomic E-state index is 11.8. The van der Waals surface area contributed by atoms with Crippen LogP contribution in [0.25, 0.3) is 0 Å². The second-order valence-electron chi connectivity index (χ2n) is 6.97. The molecule has 0 amide bonds. The molecule has 1 saturated carbocycles. The lowest BCUT2D eigenvalue weighted by Gasteiger charge is -2.53. The van der Waals surface area contributed by atoms with E-state index in [2.05, 4.69) is 18.7 Å². The summed E-state index contributed by atoms with van der Waals surface area (Å²) in [7, 11) is 0. The fourth-order valence-corrected chi connectivity index (χ4v) is 4.73. The lowest BCUT2D eigenvalue weighted by atomic mass is 9.73. The van der Waals surface area contributed by atoms with Crippen LogP contribution in [0.15, 0.2) is 0 Å². The van der Waals surface area contributed by atoms with Gasteiger partial charge in [-0.15, -0.1) is 0 Å². The number of carbonyl (C=O) groups excluding carboxylic acids is 1. The Hall–Kier alpha value is -0.370. The number of nitrogens with zero attached hydrogens (tertiary/aromatic N) is 1. The highest BCUT2D eigenvalue weighted by Crippen LogP contribution is 2.41. The summed E-state index contributed by atoms with van der Waals surface area (Å²) in [4.78, 5) is 14.6. The minimum atomic E-state index is 0.525. The van der Waals surface area contributed by atoms with Gasteiger partial charge in [-0.2, -0.15) is 0 Å². The number of hydrogen-bond donors (Lipinski definition) is 0. The Labute approximate surface area is 111 Å². The van der Waals surface area contributed by atoms with Gasteiger partial charge in [0.25, 0.3) is 0 Å². The molecule has 0 N–H and O–H groups in total.